The summed E-state index contributed by atoms with van der Waals surface area (Å²) in [7, 11) is 0. The molecule has 26 heavy (non-hydrogen) atoms. The van der Waals surface area contributed by atoms with E-state index in [2.05, 4.69) is 15.3 Å². The highest BCUT2D eigenvalue weighted by atomic mass is 35.5. The van der Waals surface area contributed by atoms with Crippen molar-refractivity contribution in [3.8, 4) is 0 Å². The Bertz CT molecular complexity index is 1110. The Labute approximate surface area is 154 Å². The van der Waals surface area contributed by atoms with Gasteiger partial charge in [-0.25, -0.2) is 4.79 Å². The van der Waals surface area contributed by atoms with Gasteiger partial charge in [0.1, 0.15) is 6.04 Å². The highest BCUT2D eigenvalue weighted by Crippen LogP contribution is 2.26. The summed E-state index contributed by atoms with van der Waals surface area (Å²) >= 11 is 6.02. The van der Waals surface area contributed by atoms with Crippen molar-refractivity contribution in [3.63, 3.8) is 0 Å². The molecule has 6 heteroatoms. The fourth-order valence-electron chi connectivity index (χ4n) is 3.16. The summed E-state index contributed by atoms with van der Waals surface area (Å²) in [6.07, 6.45) is 3.87. The molecule has 0 aliphatic carbocycles. The fourth-order valence-corrected chi connectivity index (χ4v) is 3.32. The molecule has 0 saturated carbocycles. The van der Waals surface area contributed by atoms with Crippen LogP contribution in [0, 0.1) is 0 Å². The first-order chi connectivity index (χ1) is 12.6. The van der Waals surface area contributed by atoms with Gasteiger partial charge in [0.2, 0.25) is 0 Å². The van der Waals surface area contributed by atoms with Crippen LogP contribution in [0.4, 0.5) is 5.69 Å². The number of aromatic nitrogens is 2. The maximum Gasteiger partial charge on any atom is 0.326 e. The van der Waals surface area contributed by atoms with Gasteiger partial charge in [0.15, 0.2) is 0 Å². The van der Waals surface area contributed by atoms with Gasteiger partial charge in [0.25, 0.3) is 0 Å². The quantitative estimate of drug-likeness (QED) is 0.487. The number of para-hydroxylation sites is 1. The van der Waals surface area contributed by atoms with Crippen LogP contribution in [-0.2, 0) is 11.2 Å². The Kier molecular flexibility index (Phi) is 4.22. The van der Waals surface area contributed by atoms with E-state index in [1.165, 1.54) is 0 Å². The second kappa shape index (κ2) is 6.69. The van der Waals surface area contributed by atoms with E-state index < -0.39 is 12.0 Å². The summed E-state index contributed by atoms with van der Waals surface area (Å²) in [5.41, 5.74) is 3.40. The first kappa shape index (κ1) is 16.4. The molecule has 4 aromatic rings. The average molecular weight is 366 g/mol. The van der Waals surface area contributed by atoms with E-state index in [0.29, 0.717) is 11.4 Å². The van der Waals surface area contributed by atoms with Crippen LogP contribution >= 0.6 is 11.6 Å². The summed E-state index contributed by atoms with van der Waals surface area (Å²) < 4.78 is 0. The number of aliphatic carboxylic acids is 1. The number of nitrogens with zero attached hydrogens (tertiary/aromatic N) is 1. The summed E-state index contributed by atoms with van der Waals surface area (Å²) in [5, 5.41) is 15.3. The Hall–Kier alpha value is -3.05. The van der Waals surface area contributed by atoms with Gasteiger partial charge in [-0.15, -0.1) is 0 Å². The molecule has 0 aliphatic rings. The monoisotopic (exact) mass is 365 g/mol. The molecule has 2 heterocycles. The van der Waals surface area contributed by atoms with Crippen molar-refractivity contribution in [3.05, 3.63) is 71.5 Å². The molecule has 2 aromatic carbocycles. The second-order valence-corrected chi connectivity index (χ2v) is 6.56. The number of rotatable bonds is 5. The predicted octanol–water partition coefficient (Wildman–Crippen LogP) is 4.48. The summed E-state index contributed by atoms with van der Waals surface area (Å²) in [4.78, 5) is 19.3. The lowest BCUT2D eigenvalue weighted by Gasteiger charge is -2.17. The van der Waals surface area contributed by atoms with Gasteiger partial charge in [-0.2, -0.15) is 0 Å². The van der Waals surface area contributed by atoms with Gasteiger partial charge in [0, 0.05) is 45.8 Å². The first-order valence-corrected chi connectivity index (χ1v) is 8.58. The number of hydrogen-bond acceptors (Lipinski definition) is 3. The van der Waals surface area contributed by atoms with Crippen LogP contribution in [-0.4, -0.2) is 27.1 Å². The Balaban J connectivity index is 1.67. The van der Waals surface area contributed by atoms with Gasteiger partial charge in [-0.3, -0.25) is 4.98 Å². The maximum absolute atomic E-state index is 11.8. The average Bonchev–Trinajstić information content (AvgIpc) is 3.04. The summed E-state index contributed by atoms with van der Waals surface area (Å²) in [6, 6.07) is 14.2. The molecule has 2 aromatic heterocycles. The van der Waals surface area contributed by atoms with Gasteiger partial charge >= 0.3 is 5.97 Å². The molecule has 0 saturated heterocycles. The number of nitrogens with one attached hydrogen (secondary N) is 2. The number of carbonyl (C=O) groups is 1. The number of fused-ring (bicyclic) bond motifs is 2. The third kappa shape index (κ3) is 3.09. The minimum absolute atomic E-state index is 0.358. The number of hydrogen-bond donors (Lipinski definition) is 3. The van der Waals surface area contributed by atoms with Crippen LogP contribution < -0.4 is 5.32 Å². The molecule has 5 nitrogen and oxygen atoms in total. The Morgan fingerprint density at radius 2 is 2.04 bits per heavy atom. The first-order valence-electron chi connectivity index (χ1n) is 8.20. The number of aromatic amines is 1. The molecule has 0 fully saturated rings. The molecule has 0 aliphatic heterocycles. The van der Waals surface area contributed by atoms with Crippen molar-refractivity contribution in [1.29, 1.82) is 0 Å². The highest BCUT2D eigenvalue weighted by Gasteiger charge is 2.20. The molecule has 3 N–H and O–H groups in total. The van der Waals surface area contributed by atoms with E-state index in [9.17, 15) is 9.90 Å². The summed E-state index contributed by atoms with van der Waals surface area (Å²) in [5.74, 6) is -0.908. The van der Waals surface area contributed by atoms with Gasteiger partial charge in [-0.05, 0) is 35.9 Å². The molecule has 1 atom stereocenters. The number of carboxylic acids is 1. The second-order valence-electron chi connectivity index (χ2n) is 6.12. The number of halogens is 1. The van der Waals surface area contributed by atoms with Crippen molar-refractivity contribution < 1.29 is 9.90 Å². The smallest absolute Gasteiger partial charge is 0.326 e. The maximum atomic E-state index is 11.8. The van der Waals surface area contributed by atoms with E-state index in [4.69, 9.17) is 11.6 Å². The largest absolute Gasteiger partial charge is 0.480 e. The predicted molar refractivity (Wildman–Crippen MR) is 104 cm³/mol. The molecular weight excluding hydrogens is 350 g/mol. The molecule has 0 radical (unpaired) electrons. The molecular formula is C20H16ClN3O2. The van der Waals surface area contributed by atoms with Crippen LogP contribution in [0.3, 0.4) is 0 Å². The van der Waals surface area contributed by atoms with Gasteiger partial charge in [0.05, 0.1) is 5.52 Å². The minimum Gasteiger partial charge on any atom is -0.480 e. The normalized spacial score (nSPS) is 12.3. The third-order valence-electron chi connectivity index (χ3n) is 4.43. The minimum atomic E-state index is -0.908. The van der Waals surface area contributed by atoms with Crippen LogP contribution in [0.2, 0.25) is 5.02 Å². The van der Waals surface area contributed by atoms with Gasteiger partial charge in [-0.1, -0.05) is 29.8 Å². The molecule has 0 unspecified atom stereocenters. The lowest BCUT2D eigenvalue weighted by atomic mass is 10.0. The van der Waals surface area contributed by atoms with Crippen molar-refractivity contribution in [1.82, 2.24) is 9.97 Å². The van der Waals surface area contributed by atoms with Crippen LogP contribution in [0.5, 0.6) is 0 Å². The zero-order valence-electron chi connectivity index (χ0n) is 13.7. The zero-order valence-corrected chi connectivity index (χ0v) is 14.5. The molecule has 4 rings (SSSR count). The number of H-pyrrole nitrogens is 1. The fraction of sp³-hybridized carbons (Fsp3) is 0.100. The molecule has 0 spiro atoms. The number of carboxylic acid groups (broad SMARTS) is 1. The van der Waals surface area contributed by atoms with Crippen molar-refractivity contribution in [2.75, 3.05) is 5.32 Å². The van der Waals surface area contributed by atoms with E-state index in [1.54, 1.807) is 24.4 Å². The van der Waals surface area contributed by atoms with E-state index in [-0.39, 0.29) is 0 Å². The SMILES string of the molecule is O=C(O)[C@@H](Cc1c[nH]c2ccccc12)Nc1ccnc2cc(Cl)ccc12. The lowest BCUT2D eigenvalue weighted by molar-refractivity contribution is -0.137. The third-order valence-corrected chi connectivity index (χ3v) is 4.67. The van der Waals surface area contributed by atoms with E-state index >= 15 is 0 Å². The Morgan fingerprint density at radius 1 is 1.19 bits per heavy atom. The van der Waals surface area contributed by atoms with Crippen molar-refractivity contribution in [2.24, 2.45) is 0 Å². The number of benzene rings is 2. The molecule has 0 bridgehead atoms. The van der Waals surface area contributed by atoms with Gasteiger partial charge < -0.3 is 15.4 Å². The van der Waals surface area contributed by atoms with Crippen LogP contribution in [0.15, 0.2) is 60.9 Å². The highest BCUT2D eigenvalue weighted by molar-refractivity contribution is 6.31. The Morgan fingerprint density at radius 3 is 2.88 bits per heavy atom. The topological polar surface area (TPSA) is 78.0 Å². The number of anilines is 1. The molecule has 130 valence electrons. The lowest BCUT2D eigenvalue weighted by Crippen LogP contribution is -2.31. The van der Waals surface area contributed by atoms with E-state index in [0.717, 1.165) is 33.1 Å². The number of pyridine rings is 1. The van der Waals surface area contributed by atoms with Crippen molar-refractivity contribution in [2.45, 2.75) is 12.5 Å². The van der Waals surface area contributed by atoms with Crippen LogP contribution in [0.25, 0.3) is 21.8 Å². The molecule has 0 amide bonds. The zero-order chi connectivity index (χ0) is 18.1. The summed E-state index contributed by atoms with van der Waals surface area (Å²) in [6.45, 7) is 0. The van der Waals surface area contributed by atoms with E-state index in [1.807, 2.05) is 36.5 Å². The van der Waals surface area contributed by atoms with Crippen molar-refractivity contribution >= 4 is 45.1 Å². The van der Waals surface area contributed by atoms with Crippen LogP contribution in [0.1, 0.15) is 5.56 Å². The standard InChI is InChI=1S/C20H16ClN3O2/c21-13-5-6-15-17(7-8-22-18(15)10-13)24-19(20(25)26)9-12-11-23-16-4-2-1-3-14(12)16/h1-8,10-11,19,23H,9H2,(H,22,24)(H,25,26)/t19-/m1/s1.